The van der Waals surface area contributed by atoms with Crippen LogP contribution in [0.5, 0.6) is 11.6 Å². The highest BCUT2D eigenvalue weighted by Crippen LogP contribution is 2.38. The molecule has 4 aromatic rings. The van der Waals surface area contributed by atoms with E-state index in [2.05, 4.69) is 44.1 Å². The van der Waals surface area contributed by atoms with E-state index < -0.39 is 0 Å². The highest BCUT2D eigenvalue weighted by Gasteiger charge is 2.17. The molecule has 0 bridgehead atoms. The van der Waals surface area contributed by atoms with Crippen molar-refractivity contribution in [3.8, 4) is 22.9 Å². The second-order valence-electron chi connectivity index (χ2n) is 9.59. The number of anilines is 2. The fourth-order valence-electron chi connectivity index (χ4n) is 4.64. The smallest absolute Gasteiger partial charge is 0.228 e. The predicted octanol–water partition coefficient (Wildman–Crippen LogP) is 5.14. The first-order valence-electron chi connectivity index (χ1n) is 13.0. The third kappa shape index (κ3) is 5.98. The largest absolute Gasteiger partial charge is 0.437 e. The highest BCUT2D eigenvalue weighted by molar-refractivity contribution is 5.98. The van der Waals surface area contributed by atoms with E-state index in [9.17, 15) is 5.11 Å². The van der Waals surface area contributed by atoms with Gasteiger partial charge in [0.25, 0.3) is 0 Å². The molecule has 3 heterocycles. The third-order valence-corrected chi connectivity index (χ3v) is 6.62. The van der Waals surface area contributed by atoms with Gasteiger partial charge in [0.1, 0.15) is 5.75 Å². The minimum Gasteiger partial charge on any atom is -0.437 e. The van der Waals surface area contributed by atoms with Crippen molar-refractivity contribution in [1.29, 1.82) is 0 Å². The number of nitrogens with one attached hydrogen (secondary N) is 3. The number of piperidine rings is 1. The van der Waals surface area contributed by atoms with Gasteiger partial charge < -0.3 is 25.8 Å². The lowest BCUT2D eigenvalue weighted by atomic mass is 10.0. The Morgan fingerprint density at radius 2 is 2.00 bits per heavy atom. The number of rotatable bonds is 9. The molecule has 2 atom stereocenters. The molecule has 1 aliphatic rings. The Kier molecular flexibility index (Phi) is 7.77. The van der Waals surface area contributed by atoms with Crippen LogP contribution in [-0.2, 0) is 0 Å². The molecule has 5 rings (SSSR count). The standard InChI is InChI=1S/C29H34N6O2/c1-19-10-11-22-23(7-3-9-25(22)31-16-12-20(2)36)27(19)37-28-24(8-5-15-32-28)26-13-17-33-29(35-26)34-21-6-4-14-30-18-21/h3,5,7-11,13,15,17,20-21,30-31,36H,4,6,12,14,16,18H2,1-2H3,(H,33,34,35)/t20-,21?/m0/s1. The summed E-state index contributed by atoms with van der Waals surface area (Å²) in [5.41, 5.74) is 3.58. The predicted molar refractivity (Wildman–Crippen MR) is 148 cm³/mol. The molecule has 8 heteroatoms. The molecule has 2 aromatic carbocycles. The molecule has 1 fully saturated rings. The SMILES string of the molecule is Cc1ccc2c(NCC[C@H](C)O)cccc2c1Oc1ncccc1-c1ccnc(NC2CCCNC2)n1. The van der Waals surface area contributed by atoms with Crippen LogP contribution in [0, 0.1) is 6.92 Å². The summed E-state index contributed by atoms with van der Waals surface area (Å²) in [6, 6.07) is 16.3. The van der Waals surface area contributed by atoms with Crippen LogP contribution in [0.4, 0.5) is 11.6 Å². The van der Waals surface area contributed by atoms with Gasteiger partial charge in [-0.2, -0.15) is 0 Å². The molecule has 37 heavy (non-hydrogen) atoms. The molecule has 0 saturated carbocycles. The molecule has 192 valence electrons. The topological polar surface area (TPSA) is 104 Å². The maximum Gasteiger partial charge on any atom is 0.228 e. The molecule has 4 N–H and O–H groups in total. The zero-order valence-corrected chi connectivity index (χ0v) is 21.4. The molecule has 0 amide bonds. The fourth-order valence-corrected chi connectivity index (χ4v) is 4.64. The number of hydrogen-bond acceptors (Lipinski definition) is 8. The van der Waals surface area contributed by atoms with Gasteiger partial charge in [-0.25, -0.2) is 15.0 Å². The molecule has 0 radical (unpaired) electrons. The molecule has 0 spiro atoms. The van der Waals surface area contributed by atoms with Crippen molar-refractivity contribution in [3.05, 3.63) is 66.5 Å². The fraction of sp³-hybridized carbons (Fsp3) is 0.345. The van der Waals surface area contributed by atoms with Crippen LogP contribution in [0.1, 0.15) is 31.7 Å². The summed E-state index contributed by atoms with van der Waals surface area (Å²) in [4.78, 5) is 13.8. The molecule has 1 aliphatic heterocycles. The van der Waals surface area contributed by atoms with E-state index in [4.69, 9.17) is 9.72 Å². The van der Waals surface area contributed by atoms with Crippen molar-refractivity contribution in [3.63, 3.8) is 0 Å². The zero-order chi connectivity index (χ0) is 25.6. The maximum absolute atomic E-state index is 9.62. The van der Waals surface area contributed by atoms with Gasteiger partial charge in [0.15, 0.2) is 0 Å². The summed E-state index contributed by atoms with van der Waals surface area (Å²) >= 11 is 0. The Hall–Kier alpha value is -3.75. The van der Waals surface area contributed by atoms with Gasteiger partial charge in [0.2, 0.25) is 11.8 Å². The summed E-state index contributed by atoms with van der Waals surface area (Å²) in [6.07, 6.45) is 6.07. The van der Waals surface area contributed by atoms with Crippen LogP contribution in [-0.4, -0.2) is 51.8 Å². The van der Waals surface area contributed by atoms with Crippen LogP contribution in [0.2, 0.25) is 0 Å². The third-order valence-electron chi connectivity index (χ3n) is 6.62. The Morgan fingerprint density at radius 3 is 2.84 bits per heavy atom. The molecule has 0 aliphatic carbocycles. The number of fused-ring (bicyclic) bond motifs is 1. The second-order valence-corrected chi connectivity index (χ2v) is 9.59. The summed E-state index contributed by atoms with van der Waals surface area (Å²) < 4.78 is 6.53. The number of nitrogens with zero attached hydrogens (tertiary/aromatic N) is 3. The number of benzene rings is 2. The monoisotopic (exact) mass is 498 g/mol. The number of aliphatic hydroxyl groups is 1. The number of pyridine rings is 1. The second kappa shape index (κ2) is 11.5. The number of aryl methyl sites for hydroxylation is 1. The van der Waals surface area contributed by atoms with E-state index in [0.717, 1.165) is 65.0 Å². The van der Waals surface area contributed by atoms with Crippen molar-refractivity contribution in [2.24, 2.45) is 0 Å². The summed E-state index contributed by atoms with van der Waals surface area (Å²) in [7, 11) is 0. The number of aromatic nitrogens is 3. The number of aliphatic hydroxyl groups excluding tert-OH is 1. The van der Waals surface area contributed by atoms with Crippen LogP contribution >= 0.6 is 0 Å². The first-order valence-corrected chi connectivity index (χ1v) is 13.0. The van der Waals surface area contributed by atoms with Gasteiger partial charge in [-0.05, 0) is 69.5 Å². The van der Waals surface area contributed by atoms with Gasteiger partial charge in [-0.1, -0.05) is 24.3 Å². The van der Waals surface area contributed by atoms with Crippen LogP contribution in [0.25, 0.3) is 22.0 Å². The highest BCUT2D eigenvalue weighted by atomic mass is 16.5. The van der Waals surface area contributed by atoms with Crippen molar-refractivity contribution >= 4 is 22.4 Å². The van der Waals surface area contributed by atoms with Crippen molar-refractivity contribution < 1.29 is 9.84 Å². The summed E-state index contributed by atoms with van der Waals surface area (Å²) in [6.45, 7) is 6.49. The van der Waals surface area contributed by atoms with E-state index in [1.165, 1.54) is 0 Å². The van der Waals surface area contributed by atoms with Gasteiger partial charge in [0, 0.05) is 48.0 Å². The molecule has 1 unspecified atom stereocenters. The van der Waals surface area contributed by atoms with E-state index >= 15 is 0 Å². The van der Waals surface area contributed by atoms with Crippen molar-refractivity contribution in [2.45, 2.75) is 45.3 Å². The Labute approximate surface area is 217 Å². The lowest BCUT2D eigenvalue weighted by molar-refractivity contribution is 0.189. The van der Waals surface area contributed by atoms with Crippen molar-refractivity contribution in [2.75, 3.05) is 30.3 Å². The van der Waals surface area contributed by atoms with E-state index in [0.29, 0.717) is 30.8 Å². The van der Waals surface area contributed by atoms with Crippen LogP contribution < -0.4 is 20.7 Å². The van der Waals surface area contributed by atoms with E-state index in [-0.39, 0.29) is 6.10 Å². The molecular weight excluding hydrogens is 464 g/mol. The van der Waals surface area contributed by atoms with Crippen LogP contribution in [0.3, 0.4) is 0 Å². The van der Waals surface area contributed by atoms with Gasteiger partial charge >= 0.3 is 0 Å². The maximum atomic E-state index is 9.62. The molecule has 2 aromatic heterocycles. The number of ether oxygens (including phenoxy) is 1. The first-order chi connectivity index (χ1) is 18.1. The minimum absolute atomic E-state index is 0.315. The Morgan fingerprint density at radius 1 is 1.08 bits per heavy atom. The average molecular weight is 499 g/mol. The Bertz CT molecular complexity index is 1350. The normalized spacial score (nSPS) is 16.4. The first kappa shape index (κ1) is 24.9. The van der Waals surface area contributed by atoms with Gasteiger partial charge in [0.05, 0.1) is 17.4 Å². The van der Waals surface area contributed by atoms with Crippen LogP contribution in [0.15, 0.2) is 60.9 Å². The van der Waals surface area contributed by atoms with Gasteiger partial charge in [-0.15, -0.1) is 0 Å². The lowest BCUT2D eigenvalue weighted by Crippen LogP contribution is -2.38. The van der Waals surface area contributed by atoms with Crippen molar-refractivity contribution in [1.82, 2.24) is 20.3 Å². The zero-order valence-electron chi connectivity index (χ0n) is 21.4. The molecular formula is C29H34N6O2. The van der Waals surface area contributed by atoms with Gasteiger partial charge in [-0.3, -0.25) is 0 Å². The average Bonchev–Trinajstić information content (AvgIpc) is 2.91. The minimum atomic E-state index is -0.344. The van der Waals surface area contributed by atoms with E-state index in [1.807, 2.05) is 37.3 Å². The van der Waals surface area contributed by atoms with E-state index in [1.54, 1.807) is 19.3 Å². The number of hydrogen-bond donors (Lipinski definition) is 4. The Balaban J connectivity index is 1.44. The quantitative estimate of drug-likeness (QED) is 0.252. The summed E-state index contributed by atoms with van der Waals surface area (Å²) in [5.74, 6) is 1.86. The summed E-state index contributed by atoms with van der Waals surface area (Å²) in [5, 5.41) is 22.0. The molecule has 1 saturated heterocycles. The molecule has 8 nitrogen and oxygen atoms in total. The lowest BCUT2D eigenvalue weighted by Gasteiger charge is -2.23.